The maximum Gasteiger partial charge on any atom is 0.0180 e. The fourth-order valence-electron chi connectivity index (χ4n) is 2.09. The minimum absolute atomic E-state index is 0.427. The van der Waals surface area contributed by atoms with Gasteiger partial charge in [0.1, 0.15) is 0 Å². The van der Waals surface area contributed by atoms with Crippen LogP contribution in [0.2, 0.25) is 0 Å². The third-order valence-corrected chi connectivity index (χ3v) is 3.03. The van der Waals surface area contributed by atoms with E-state index in [1.54, 1.807) is 0 Å². The molecular weight excluding hydrogens is 174 g/mol. The van der Waals surface area contributed by atoms with Crippen molar-refractivity contribution in [2.45, 2.75) is 32.7 Å². The molecule has 0 aromatic rings. The van der Waals surface area contributed by atoms with E-state index in [1.165, 1.54) is 45.6 Å². The van der Waals surface area contributed by atoms with E-state index >= 15 is 0 Å². The Morgan fingerprint density at radius 1 is 1.36 bits per heavy atom. The standard InChI is InChI=1S/C11H25N3/c1-3-6-13(4-2)8-9-14-7-5-11(12)10-14/h11H,3-10,12H2,1-2H3. The molecule has 2 N–H and O–H groups in total. The van der Waals surface area contributed by atoms with Crippen molar-refractivity contribution in [2.75, 3.05) is 39.3 Å². The van der Waals surface area contributed by atoms with Crippen LogP contribution in [0, 0.1) is 0 Å². The highest BCUT2D eigenvalue weighted by atomic mass is 15.2. The Hall–Kier alpha value is -0.120. The van der Waals surface area contributed by atoms with Crippen LogP contribution in [0.1, 0.15) is 26.7 Å². The summed E-state index contributed by atoms with van der Waals surface area (Å²) in [7, 11) is 0. The molecule has 0 aliphatic carbocycles. The van der Waals surface area contributed by atoms with Crippen molar-refractivity contribution in [3.05, 3.63) is 0 Å². The number of hydrogen-bond donors (Lipinski definition) is 1. The normalized spacial score (nSPS) is 23.6. The summed E-state index contributed by atoms with van der Waals surface area (Å²) in [5, 5.41) is 0. The molecule has 1 atom stereocenters. The van der Waals surface area contributed by atoms with Gasteiger partial charge in [0.25, 0.3) is 0 Å². The quantitative estimate of drug-likeness (QED) is 0.685. The summed E-state index contributed by atoms with van der Waals surface area (Å²) >= 11 is 0. The molecule has 3 nitrogen and oxygen atoms in total. The molecule has 0 spiro atoms. The highest BCUT2D eigenvalue weighted by Crippen LogP contribution is 2.06. The molecule has 1 fully saturated rings. The summed E-state index contributed by atoms with van der Waals surface area (Å²) in [6.07, 6.45) is 2.44. The lowest BCUT2D eigenvalue weighted by Gasteiger charge is -2.23. The molecule has 0 radical (unpaired) electrons. The van der Waals surface area contributed by atoms with Crippen LogP contribution in [0.5, 0.6) is 0 Å². The minimum Gasteiger partial charge on any atom is -0.326 e. The largest absolute Gasteiger partial charge is 0.326 e. The molecule has 1 heterocycles. The van der Waals surface area contributed by atoms with Crippen molar-refractivity contribution in [1.82, 2.24) is 9.80 Å². The number of nitrogens with two attached hydrogens (primary N) is 1. The monoisotopic (exact) mass is 199 g/mol. The Morgan fingerprint density at radius 3 is 2.64 bits per heavy atom. The topological polar surface area (TPSA) is 32.5 Å². The zero-order valence-electron chi connectivity index (χ0n) is 9.71. The van der Waals surface area contributed by atoms with Crippen molar-refractivity contribution in [3.63, 3.8) is 0 Å². The van der Waals surface area contributed by atoms with Crippen LogP contribution < -0.4 is 5.73 Å². The molecule has 3 heteroatoms. The van der Waals surface area contributed by atoms with Crippen LogP contribution in [-0.2, 0) is 0 Å². The number of hydrogen-bond acceptors (Lipinski definition) is 3. The lowest BCUT2D eigenvalue weighted by molar-refractivity contribution is 0.232. The van der Waals surface area contributed by atoms with Crippen LogP contribution >= 0.6 is 0 Å². The summed E-state index contributed by atoms with van der Waals surface area (Å²) < 4.78 is 0. The zero-order valence-corrected chi connectivity index (χ0v) is 9.71. The Bertz CT molecular complexity index is 145. The first-order valence-corrected chi connectivity index (χ1v) is 5.96. The molecular formula is C11H25N3. The fourth-order valence-corrected chi connectivity index (χ4v) is 2.09. The predicted molar refractivity (Wildman–Crippen MR) is 61.4 cm³/mol. The Balaban J connectivity index is 2.12. The molecule has 1 rings (SSSR count). The summed E-state index contributed by atoms with van der Waals surface area (Å²) in [4.78, 5) is 5.01. The van der Waals surface area contributed by atoms with Gasteiger partial charge in [0, 0.05) is 25.7 Å². The van der Waals surface area contributed by atoms with Gasteiger partial charge in [-0.2, -0.15) is 0 Å². The van der Waals surface area contributed by atoms with Crippen molar-refractivity contribution in [2.24, 2.45) is 5.73 Å². The van der Waals surface area contributed by atoms with E-state index < -0.39 is 0 Å². The van der Waals surface area contributed by atoms with E-state index in [-0.39, 0.29) is 0 Å². The van der Waals surface area contributed by atoms with Gasteiger partial charge < -0.3 is 15.5 Å². The average Bonchev–Trinajstić information content (AvgIpc) is 2.59. The molecule has 84 valence electrons. The highest BCUT2D eigenvalue weighted by molar-refractivity contribution is 4.78. The second-order valence-corrected chi connectivity index (χ2v) is 4.28. The van der Waals surface area contributed by atoms with Gasteiger partial charge in [-0.1, -0.05) is 13.8 Å². The Morgan fingerprint density at radius 2 is 2.14 bits per heavy atom. The first-order chi connectivity index (χ1) is 6.76. The molecule has 1 aliphatic rings. The Kier molecular flexibility index (Phi) is 5.45. The van der Waals surface area contributed by atoms with Gasteiger partial charge in [-0.25, -0.2) is 0 Å². The number of rotatable bonds is 6. The lowest BCUT2D eigenvalue weighted by atomic mass is 10.3. The third kappa shape index (κ3) is 3.95. The van der Waals surface area contributed by atoms with Gasteiger partial charge in [-0.3, -0.25) is 0 Å². The van der Waals surface area contributed by atoms with Crippen molar-refractivity contribution < 1.29 is 0 Å². The van der Waals surface area contributed by atoms with Crippen LogP contribution in [0.15, 0.2) is 0 Å². The van der Waals surface area contributed by atoms with E-state index in [0.29, 0.717) is 6.04 Å². The van der Waals surface area contributed by atoms with Crippen LogP contribution in [0.3, 0.4) is 0 Å². The van der Waals surface area contributed by atoms with Crippen LogP contribution in [0.25, 0.3) is 0 Å². The smallest absolute Gasteiger partial charge is 0.0180 e. The summed E-state index contributed by atoms with van der Waals surface area (Å²) in [5.41, 5.74) is 5.87. The number of likely N-dealkylation sites (N-methyl/N-ethyl adjacent to an activating group) is 1. The van der Waals surface area contributed by atoms with E-state index in [4.69, 9.17) is 5.73 Å². The first-order valence-electron chi connectivity index (χ1n) is 5.96. The first kappa shape index (κ1) is 12.0. The molecule has 0 bridgehead atoms. The fraction of sp³-hybridized carbons (Fsp3) is 1.00. The van der Waals surface area contributed by atoms with Crippen LogP contribution in [-0.4, -0.2) is 55.1 Å². The van der Waals surface area contributed by atoms with Crippen molar-refractivity contribution in [3.8, 4) is 0 Å². The average molecular weight is 199 g/mol. The highest BCUT2D eigenvalue weighted by Gasteiger charge is 2.18. The lowest BCUT2D eigenvalue weighted by Crippen LogP contribution is -2.35. The Labute approximate surface area is 88.2 Å². The summed E-state index contributed by atoms with van der Waals surface area (Å²) in [6, 6.07) is 0.427. The van der Waals surface area contributed by atoms with E-state index in [1.807, 2.05) is 0 Å². The minimum atomic E-state index is 0.427. The molecule has 0 amide bonds. The molecule has 14 heavy (non-hydrogen) atoms. The molecule has 1 aliphatic heterocycles. The maximum absolute atomic E-state index is 5.87. The SMILES string of the molecule is CCCN(CC)CCN1CCC(N)C1. The van der Waals surface area contributed by atoms with E-state index in [0.717, 1.165) is 6.54 Å². The molecule has 0 saturated carbocycles. The second-order valence-electron chi connectivity index (χ2n) is 4.28. The summed E-state index contributed by atoms with van der Waals surface area (Å²) in [6.45, 7) is 11.6. The number of nitrogens with zero attached hydrogens (tertiary/aromatic N) is 2. The van der Waals surface area contributed by atoms with E-state index in [2.05, 4.69) is 23.6 Å². The number of likely N-dealkylation sites (tertiary alicyclic amines) is 1. The second kappa shape index (κ2) is 6.38. The zero-order chi connectivity index (χ0) is 10.4. The van der Waals surface area contributed by atoms with Gasteiger partial charge in [0.05, 0.1) is 0 Å². The third-order valence-electron chi connectivity index (χ3n) is 3.03. The van der Waals surface area contributed by atoms with Crippen LogP contribution in [0.4, 0.5) is 0 Å². The predicted octanol–water partition coefficient (Wildman–Crippen LogP) is 0.751. The maximum atomic E-state index is 5.87. The van der Waals surface area contributed by atoms with Gasteiger partial charge >= 0.3 is 0 Å². The molecule has 0 aromatic heterocycles. The van der Waals surface area contributed by atoms with Crippen molar-refractivity contribution >= 4 is 0 Å². The van der Waals surface area contributed by atoms with Gasteiger partial charge in [0.15, 0.2) is 0 Å². The van der Waals surface area contributed by atoms with Gasteiger partial charge in [-0.05, 0) is 32.5 Å². The van der Waals surface area contributed by atoms with Gasteiger partial charge in [-0.15, -0.1) is 0 Å². The molecule has 1 saturated heterocycles. The van der Waals surface area contributed by atoms with Crippen molar-refractivity contribution in [1.29, 1.82) is 0 Å². The molecule has 0 aromatic carbocycles. The summed E-state index contributed by atoms with van der Waals surface area (Å²) in [5.74, 6) is 0. The van der Waals surface area contributed by atoms with Gasteiger partial charge in [0.2, 0.25) is 0 Å². The van der Waals surface area contributed by atoms with E-state index in [9.17, 15) is 0 Å². The molecule has 1 unspecified atom stereocenters.